The lowest BCUT2D eigenvalue weighted by Gasteiger charge is -1.96. The van der Waals surface area contributed by atoms with Gasteiger partial charge in [0.15, 0.2) is 0 Å². The zero-order chi connectivity index (χ0) is 10.8. The van der Waals surface area contributed by atoms with Crippen LogP contribution in [-0.2, 0) is 7.05 Å². The molecule has 0 spiro atoms. The molecular formula is C10H9N3O2. The van der Waals surface area contributed by atoms with Crippen molar-refractivity contribution in [2.75, 3.05) is 0 Å². The fourth-order valence-electron chi connectivity index (χ4n) is 1.26. The second-order valence-corrected chi connectivity index (χ2v) is 3.14. The first-order chi connectivity index (χ1) is 7.16. The van der Waals surface area contributed by atoms with Crippen molar-refractivity contribution in [3.05, 3.63) is 36.4 Å². The molecule has 0 saturated carbocycles. The molecule has 2 aromatic heterocycles. The zero-order valence-corrected chi connectivity index (χ0v) is 8.08. The number of aromatic nitrogens is 3. The lowest BCUT2D eigenvalue weighted by molar-refractivity contribution is 0.0690. The molecule has 0 unspecified atom stereocenters. The van der Waals surface area contributed by atoms with Gasteiger partial charge in [0.05, 0.1) is 6.20 Å². The summed E-state index contributed by atoms with van der Waals surface area (Å²) in [4.78, 5) is 14.4. The fourth-order valence-corrected chi connectivity index (χ4v) is 1.26. The third-order valence-corrected chi connectivity index (χ3v) is 2.02. The lowest BCUT2D eigenvalue weighted by Crippen LogP contribution is -1.98. The maximum absolute atomic E-state index is 10.6. The first kappa shape index (κ1) is 9.39. The first-order valence-electron chi connectivity index (χ1n) is 4.35. The number of hydrogen-bond acceptors (Lipinski definition) is 3. The van der Waals surface area contributed by atoms with Crippen LogP contribution < -0.4 is 0 Å². The minimum atomic E-state index is -1.02. The second kappa shape index (κ2) is 3.53. The molecule has 76 valence electrons. The minimum Gasteiger partial charge on any atom is -0.477 e. The Hall–Kier alpha value is -2.17. The number of carboxylic acid groups (broad SMARTS) is 1. The van der Waals surface area contributed by atoms with Crippen LogP contribution in [-0.4, -0.2) is 25.8 Å². The summed E-state index contributed by atoms with van der Waals surface area (Å²) in [6, 6.07) is 3.19. The molecule has 5 nitrogen and oxygen atoms in total. The largest absolute Gasteiger partial charge is 0.477 e. The van der Waals surface area contributed by atoms with Crippen LogP contribution in [0.4, 0.5) is 0 Å². The Morgan fingerprint density at radius 3 is 2.60 bits per heavy atom. The van der Waals surface area contributed by atoms with Crippen LogP contribution in [0.2, 0.25) is 0 Å². The number of nitrogens with zero attached hydrogens (tertiary/aromatic N) is 3. The van der Waals surface area contributed by atoms with Gasteiger partial charge in [0.1, 0.15) is 5.69 Å². The molecule has 2 rings (SSSR count). The summed E-state index contributed by atoms with van der Waals surface area (Å²) in [5.41, 5.74) is 1.82. The van der Waals surface area contributed by atoms with Gasteiger partial charge in [0.2, 0.25) is 0 Å². The highest BCUT2D eigenvalue weighted by Gasteiger charge is 2.05. The summed E-state index contributed by atoms with van der Waals surface area (Å²) in [6.07, 6.45) is 5.08. The molecule has 0 atom stereocenters. The van der Waals surface area contributed by atoms with Gasteiger partial charge in [-0.05, 0) is 6.07 Å². The number of carboxylic acids is 1. The summed E-state index contributed by atoms with van der Waals surface area (Å²) in [5.74, 6) is -1.02. The maximum atomic E-state index is 10.6. The average molecular weight is 203 g/mol. The summed E-state index contributed by atoms with van der Waals surface area (Å²) in [7, 11) is 1.82. The number of rotatable bonds is 2. The average Bonchev–Trinajstić information content (AvgIpc) is 2.65. The van der Waals surface area contributed by atoms with Crippen molar-refractivity contribution in [2.24, 2.45) is 7.05 Å². The molecule has 0 amide bonds. The minimum absolute atomic E-state index is 0.0441. The highest BCUT2D eigenvalue weighted by atomic mass is 16.4. The molecule has 0 aliphatic heterocycles. The Bertz CT molecular complexity index is 488. The zero-order valence-electron chi connectivity index (χ0n) is 8.08. The monoisotopic (exact) mass is 203 g/mol. The quantitative estimate of drug-likeness (QED) is 0.795. The van der Waals surface area contributed by atoms with Gasteiger partial charge in [-0.3, -0.25) is 4.68 Å². The van der Waals surface area contributed by atoms with Gasteiger partial charge in [0, 0.05) is 30.6 Å². The predicted molar refractivity (Wildman–Crippen MR) is 53.4 cm³/mol. The topological polar surface area (TPSA) is 68.0 Å². The second-order valence-electron chi connectivity index (χ2n) is 3.14. The number of aryl methyl sites for hydroxylation is 1. The van der Waals surface area contributed by atoms with E-state index in [1.165, 1.54) is 12.3 Å². The summed E-state index contributed by atoms with van der Waals surface area (Å²) in [6.45, 7) is 0. The van der Waals surface area contributed by atoms with E-state index < -0.39 is 5.97 Å². The molecule has 0 aliphatic carbocycles. The van der Waals surface area contributed by atoms with Crippen LogP contribution in [0.25, 0.3) is 11.1 Å². The van der Waals surface area contributed by atoms with Crippen molar-refractivity contribution in [3.8, 4) is 11.1 Å². The molecule has 2 aromatic rings. The molecule has 1 N–H and O–H groups in total. The summed E-state index contributed by atoms with van der Waals surface area (Å²) in [5, 5.41) is 12.7. The van der Waals surface area contributed by atoms with E-state index in [0.717, 1.165) is 11.1 Å². The van der Waals surface area contributed by atoms with Crippen molar-refractivity contribution in [3.63, 3.8) is 0 Å². The molecule has 15 heavy (non-hydrogen) atoms. The molecule has 2 heterocycles. The SMILES string of the molecule is Cn1cc(-c2ccc(C(=O)O)nc2)cn1. The van der Waals surface area contributed by atoms with Gasteiger partial charge < -0.3 is 5.11 Å². The molecule has 0 radical (unpaired) electrons. The van der Waals surface area contributed by atoms with Crippen molar-refractivity contribution < 1.29 is 9.90 Å². The van der Waals surface area contributed by atoms with Gasteiger partial charge in [-0.25, -0.2) is 9.78 Å². The lowest BCUT2D eigenvalue weighted by atomic mass is 10.1. The van der Waals surface area contributed by atoms with E-state index in [4.69, 9.17) is 5.11 Å². The first-order valence-corrected chi connectivity index (χ1v) is 4.35. The van der Waals surface area contributed by atoms with Crippen LogP contribution in [0.15, 0.2) is 30.7 Å². The van der Waals surface area contributed by atoms with Gasteiger partial charge in [-0.15, -0.1) is 0 Å². The molecule has 0 fully saturated rings. The smallest absolute Gasteiger partial charge is 0.354 e. The van der Waals surface area contributed by atoms with Crippen LogP contribution in [0.1, 0.15) is 10.5 Å². The van der Waals surface area contributed by atoms with Gasteiger partial charge in [-0.2, -0.15) is 5.10 Å². The van der Waals surface area contributed by atoms with E-state index in [1.54, 1.807) is 16.9 Å². The maximum Gasteiger partial charge on any atom is 0.354 e. The third kappa shape index (κ3) is 1.85. The Balaban J connectivity index is 2.35. The number of aromatic carboxylic acids is 1. The Morgan fingerprint density at radius 2 is 2.13 bits per heavy atom. The Labute approximate surface area is 86.0 Å². The Kier molecular flexibility index (Phi) is 2.21. The summed E-state index contributed by atoms with van der Waals surface area (Å²) < 4.78 is 1.68. The van der Waals surface area contributed by atoms with E-state index in [1.807, 2.05) is 13.2 Å². The van der Waals surface area contributed by atoms with Crippen LogP contribution in [0.3, 0.4) is 0 Å². The van der Waals surface area contributed by atoms with E-state index >= 15 is 0 Å². The van der Waals surface area contributed by atoms with Crippen LogP contribution >= 0.6 is 0 Å². The fraction of sp³-hybridized carbons (Fsp3) is 0.100. The normalized spacial score (nSPS) is 10.2. The third-order valence-electron chi connectivity index (χ3n) is 2.02. The standard InChI is InChI=1S/C10H9N3O2/c1-13-6-8(5-12-13)7-2-3-9(10(14)15)11-4-7/h2-6H,1H3,(H,14,15). The number of hydrogen-bond donors (Lipinski definition) is 1. The number of carbonyl (C=O) groups is 1. The molecule has 0 aliphatic rings. The van der Waals surface area contributed by atoms with Crippen LogP contribution in [0, 0.1) is 0 Å². The molecule has 0 saturated heterocycles. The number of pyridine rings is 1. The van der Waals surface area contributed by atoms with E-state index in [2.05, 4.69) is 10.1 Å². The van der Waals surface area contributed by atoms with Crippen molar-refractivity contribution in [2.45, 2.75) is 0 Å². The van der Waals surface area contributed by atoms with Crippen LogP contribution in [0.5, 0.6) is 0 Å². The van der Waals surface area contributed by atoms with Gasteiger partial charge >= 0.3 is 5.97 Å². The summed E-state index contributed by atoms with van der Waals surface area (Å²) >= 11 is 0. The Morgan fingerprint density at radius 1 is 1.33 bits per heavy atom. The highest BCUT2D eigenvalue weighted by molar-refractivity contribution is 5.85. The molecule has 0 bridgehead atoms. The highest BCUT2D eigenvalue weighted by Crippen LogP contribution is 2.16. The van der Waals surface area contributed by atoms with Crippen molar-refractivity contribution in [1.29, 1.82) is 0 Å². The van der Waals surface area contributed by atoms with Gasteiger partial charge in [-0.1, -0.05) is 6.07 Å². The van der Waals surface area contributed by atoms with Crippen molar-refractivity contribution >= 4 is 5.97 Å². The predicted octanol–water partition coefficient (Wildman–Crippen LogP) is 1.18. The van der Waals surface area contributed by atoms with E-state index in [-0.39, 0.29) is 5.69 Å². The van der Waals surface area contributed by atoms with Gasteiger partial charge in [0.25, 0.3) is 0 Å². The molecule has 5 heteroatoms. The van der Waals surface area contributed by atoms with E-state index in [9.17, 15) is 4.79 Å². The molecular weight excluding hydrogens is 194 g/mol. The van der Waals surface area contributed by atoms with E-state index in [0.29, 0.717) is 0 Å². The van der Waals surface area contributed by atoms with Crippen molar-refractivity contribution in [1.82, 2.24) is 14.8 Å². The molecule has 0 aromatic carbocycles.